The summed E-state index contributed by atoms with van der Waals surface area (Å²) >= 11 is 0. The molecule has 4 bridgehead atoms. The van der Waals surface area contributed by atoms with Gasteiger partial charge in [-0.05, 0) is 62.2 Å². The molecule has 2 aromatic carbocycles. The number of terminal acetylenes is 2. The first-order valence-corrected chi connectivity index (χ1v) is 15.5. The number of fused-ring (bicyclic) bond motifs is 6. The molecule has 0 radical (unpaired) electrons. The van der Waals surface area contributed by atoms with Crippen LogP contribution in [0.2, 0.25) is 0 Å². The third kappa shape index (κ3) is 4.55. The van der Waals surface area contributed by atoms with Crippen molar-refractivity contribution in [2.45, 2.75) is 68.8 Å². The molecule has 0 aliphatic carbocycles. The number of rotatable bonds is 4. The molecular weight excluding hydrogens is 574 g/mol. The van der Waals surface area contributed by atoms with Crippen molar-refractivity contribution in [1.82, 2.24) is 25.2 Å². The van der Waals surface area contributed by atoms with E-state index in [2.05, 4.69) is 44.0 Å². The number of benzene rings is 2. The van der Waals surface area contributed by atoms with Crippen LogP contribution >= 0.6 is 0 Å². The van der Waals surface area contributed by atoms with Crippen LogP contribution in [-0.4, -0.2) is 75.4 Å². The summed E-state index contributed by atoms with van der Waals surface area (Å²) < 4.78 is 38.3. The molecule has 3 unspecified atom stereocenters. The molecule has 8 nitrogen and oxygen atoms in total. The van der Waals surface area contributed by atoms with E-state index in [1.54, 1.807) is 0 Å². The lowest BCUT2D eigenvalue weighted by atomic mass is 9.95. The summed E-state index contributed by atoms with van der Waals surface area (Å²) in [5.74, 6) is 3.92. The van der Waals surface area contributed by atoms with Gasteiger partial charge >= 0.3 is 6.01 Å². The number of ether oxygens (including phenoxy) is 1. The second-order valence-electron chi connectivity index (χ2n) is 12.8. The van der Waals surface area contributed by atoms with Crippen LogP contribution in [-0.2, 0) is 0 Å². The lowest BCUT2D eigenvalue weighted by Gasteiger charge is -2.36. The number of halogens is 2. The first kappa shape index (κ1) is 28.0. The van der Waals surface area contributed by atoms with E-state index in [-0.39, 0.29) is 63.4 Å². The van der Waals surface area contributed by atoms with Crippen LogP contribution in [0.3, 0.4) is 0 Å². The van der Waals surface area contributed by atoms with Gasteiger partial charge in [-0.3, -0.25) is 0 Å². The van der Waals surface area contributed by atoms with Gasteiger partial charge in [-0.1, -0.05) is 12.0 Å². The number of nitrogens with zero attached hydrogens (tertiary/aromatic N) is 5. The minimum absolute atomic E-state index is 0.0371. The van der Waals surface area contributed by atoms with Crippen LogP contribution in [0.1, 0.15) is 49.8 Å². The predicted molar refractivity (Wildman–Crippen MR) is 168 cm³/mol. The Morgan fingerprint density at radius 1 is 0.956 bits per heavy atom. The van der Waals surface area contributed by atoms with Crippen molar-refractivity contribution in [1.29, 1.82) is 0 Å². The first-order valence-electron chi connectivity index (χ1n) is 15.5. The van der Waals surface area contributed by atoms with E-state index in [0.29, 0.717) is 41.8 Å². The molecule has 4 fully saturated rings. The molecule has 4 saturated heterocycles. The van der Waals surface area contributed by atoms with Gasteiger partial charge in [0.15, 0.2) is 5.82 Å². The van der Waals surface area contributed by atoms with Crippen molar-refractivity contribution in [3.63, 3.8) is 0 Å². The fraction of sp³-hybridized carbons (Fsp3) is 0.400. The Hall–Kier alpha value is -4.51. The lowest BCUT2D eigenvalue weighted by molar-refractivity contribution is 0.0603. The van der Waals surface area contributed by atoms with Gasteiger partial charge in [-0.2, -0.15) is 9.97 Å². The molecule has 2 N–H and O–H groups in total. The Morgan fingerprint density at radius 2 is 1.69 bits per heavy atom. The highest BCUT2D eigenvalue weighted by molar-refractivity contribution is 6.04. The minimum Gasteiger partial charge on any atom is -0.508 e. The Balaban J connectivity index is 1.34. The van der Waals surface area contributed by atoms with E-state index >= 15 is 4.39 Å². The fourth-order valence-corrected chi connectivity index (χ4v) is 8.03. The zero-order valence-electron chi connectivity index (χ0n) is 24.9. The summed E-state index contributed by atoms with van der Waals surface area (Å²) in [5, 5.41) is 15.2. The van der Waals surface area contributed by atoms with Crippen LogP contribution in [0, 0.1) is 36.3 Å². The van der Waals surface area contributed by atoms with Gasteiger partial charge in [0, 0.05) is 61.0 Å². The summed E-state index contributed by atoms with van der Waals surface area (Å²) in [7, 11) is 2.16. The second-order valence-corrected chi connectivity index (χ2v) is 12.8. The van der Waals surface area contributed by atoms with Crippen molar-refractivity contribution in [3.05, 3.63) is 47.2 Å². The van der Waals surface area contributed by atoms with Gasteiger partial charge in [0.1, 0.15) is 40.4 Å². The van der Waals surface area contributed by atoms with Crippen molar-refractivity contribution < 1.29 is 18.6 Å². The molecule has 8 rings (SSSR count). The smallest absolute Gasteiger partial charge is 0.319 e. The Morgan fingerprint density at radius 3 is 2.38 bits per heavy atom. The third-order valence-corrected chi connectivity index (χ3v) is 10.2. The maximum absolute atomic E-state index is 17.0. The quantitative estimate of drug-likeness (QED) is 0.323. The van der Waals surface area contributed by atoms with E-state index < -0.39 is 11.6 Å². The van der Waals surface area contributed by atoms with Gasteiger partial charge in [0.2, 0.25) is 0 Å². The van der Waals surface area contributed by atoms with Crippen LogP contribution in [0.5, 0.6) is 11.8 Å². The van der Waals surface area contributed by atoms with E-state index in [1.807, 2.05) is 0 Å². The van der Waals surface area contributed by atoms with E-state index in [9.17, 15) is 9.50 Å². The summed E-state index contributed by atoms with van der Waals surface area (Å²) in [6.45, 7) is 1.35. The van der Waals surface area contributed by atoms with Gasteiger partial charge in [-0.25, -0.2) is 13.8 Å². The number of pyridine rings is 1. The van der Waals surface area contributed by atoms with Crippen LogP contribution in [0.25, 0.3) is 32.9 Å². The highest BCUT2D eigenvalue weighted by Crippen LogP contribution is 2.41. The van der Waals surface area contributed by atoms with Crippen LogP contribution in [0.15, 0.2) is 24.3 Å². The van der Waals surface area contributed by atoms with Crippen molar-refractivity contribution in [2.75, 3.05) is 25.0 Å². The van der Waals surface area contributed by atoms with Crippen molar-refractivity contribution in [3.8, 4) is 47.7 Å². The molecule has 0 spiro atoms. The van der Waals surface area contributed by atoms with Crippen molar-refractivity contribution in [2.24, 2.45) is 0 Å². The maximum Gasteiger partial charge on any atom is 0.319 e. The zero-order valence-corrected chi connectivity index (χ0v) is 24.9. The summed E-state index contributed by atoms with van der Waals surface area (Å²) in [4.78, 5) is 18.7. The number of aromatic hydroxyl groups is 1. The molecule has 4 aromatic rings. The highest BCUT2D eigenvalue weighted by Gasteiger charge is 2.40. The number of phenolic OH excluding ortho intramolecular Hbond substituents is 1. The fourth-order valence-electron chi connectivity index (χ4n) is 8.03. The second kappa shape index (κ2) is 10.5. The van der Waals surface area contributed by atoms with Gasteiger partial charge < -0.3 is 25.0 Å². The molecule has 5 atom stereocenters. The predicted octanol–water partition coefficient (Wildman–Crippen LogP) is 4.74. The van der Waals surface area contributed by atoms with Crippen molar-refractivity contribution >= 4 is 27.5 Å². The summed E-state index contributed by atoms with van der Waals surface area (Å²) in [6.07, 6.45) is 17.7. The number of nitrogens with one attached hydrogen (secondary N) is 1. The maximum atomic E-state index is 17.0. The Kier molecular flexibility index (Phi) is 6.56. The van der Waals surface area contributed by atoms with Gasteiger partial charge in [0.25, 0.3) is 0 Å². The standard InChI is InChI=1S/C35H32F2N6O2/c1-4-25-27(36)11-6-18-12-23(44)15-26(29(18)25)32-31(37)33-30(28(5-2)39-32)34(43-16-19-7-8-20(17-43)38-19)41-35(40-33)45-24-13-21-9-10-22(14-24)42(21)3/h1-2,6,11-12,15,19-22,24,38,44H,7-10,13-14,16-17H2,3H3/t19?,20?,21-,22?,24+/m1/s1. The highest BCUT2D eigenvalue weighted by atomic mass is 19.1. The SMILES string of the molecule is C#Cc1c(F)ccc2cc(O)cc(-c3nc(C#C)c4c(N5CC6CCC(C5)N6)nc(O[C@@H]5CC6CC[C@H](C5)N6C)nc4c3F)c12. The largest absolute Gasteiger partial charge is 0.508 e. The minimum atomic E-state index is -0.779. The van der Waals surface area contributed by atoms with E-state index in [1.165, 1.54) is 24.3 Å². The molecular formula is C35H32F2N6O2. The molecule has 45 heavy (non-hydrogen) atoms. The number of hydrogen-bond acceptors (Lipinski definition) is 8. The third-order valence-electron chi connectivity index (χ3n) is 10.2. The van der Waals surface area contributed by atoms with Gasteiger partial charge in [-0.15, -0.1) is 12.8 Å². The number of aromatic nitrogens is 3. The summed E-state index contributed by atoms with van der Waals surface area (Å²) in [5.41, 5.74) is -0.0345. The zero-order chi connectivity index (χ0) is 31.0. The Labute approximate surface area is 259 Å². The molecule has 4 aliphatic rings. The number of hydrogen-bond donors (Lipinski definition) is 2. The number of piperazine rings is 1. The number of phenols is 1. The molecule has 6 heterocycles. The summed E-state index contributed by atoms with van der Waals surface area (Å²) in [6, 6.07) is 6.99. The average Bonchev–Trinajstić information content (AvgIpc) is 3.46. The topological polar surface area (TPSA) is 86.6 Å². The molecule has 0 saturated carbocycles. The molecule has 228 valence electrons. The molecule has 0 amide bonds. The number of anilines is 1. The normalized spacial score (nSPS) is 25.9. The van der Waals surface area contributed by atoms with Crippen LogP contribution in [0.4, 0.5) is 14.6 Å². The molecule has 4 aliphatic heterocycles. The molecule has 2 aromatic heterocycles. The lowest BCUT2D eigenvalue weighted by Crippen LogP contribution is -2.51. The van der Waals surface area contributed by atoms with Gasteiger partial charge in [0.05, 0.1) is 10.9 Å². The Bertz CT molecular complexity index is 1940. The van der Waals surface area contributed by atoms with Crippen LogP contribution < -0.4 is 15.0 Å². The number of piperidine rings is 1. The first-order chi connectivity index (χ1) is 21.8. The average molecular weight is 607 g/mol. The monoisotopic (exact) mass is 606 g/mol. The van der Waals surface area contributed by atoms with E-state index in [0.717, 1.165) is 38.5 Å². The van der Waals surface area contributed by atoms with E-state index in [4.69, 9.17) is 22.6 Å². The molecule has 10 heteroatoms.